The standard InChI is InChI=1S/C12H22N2/c1-14-7-6-11(8-14)13-12(9-2-3-9)10-4-5-10/h9-13H,2-8H2,1H3/t11-/m1/s1. The van der Waals surface area contributed by atoms with E-state index in [1.807, 2.05) is 0 Å². The summed E-state index contributed by atoms with van der Waals surface area (Å²) in [6.07, 6.45) is 7.35. The first-order valence-electron chi connectivity index (χ1n) is 6.27. The van der Waals surface area contributed by atoms with Crippen LogP contribution in [0.15, 0.2) is 0 Å². The fourth-order valence-corrected chi connectivity index (χ4v) is 2.91. The molecule has 1 atom stereocenters. The molecule has 3 rings (SSSR count). The van der Waals surface area contributed by atoms with Crippen LogP contribution in [0, 0.1) is 11.8 Å². The molecule has 2 heteroatoms. The molecule has 0 aromatic heterocycles. The Morgan fingerprint density at radius 2 is 1.71 bits per heavy atom. The van der Waals surface area contributed by atoms with Gasteiger partial charge in [0.15, 0.2) is 0 Å². The van der Waals surface area contributed by atoms with Crippen LogP contribution < -0.4 is 5.32 Å². The zero-order valence-corrected chi connectivity index (χ0v) is 9.21. The highest BCUT2D eigenvalue weighted by Crippen LogP contribution is 2.44. The zero-order valence-electron chi connectivity index (χ0n) is 9.21. The lowest BCUT2D eigenvalue weighted by Crippen LogP contribution is -2.42. The van der Waals surface area contributed by atoms with Crippen LogP contribution in [0.2, 0.25) is 0 Å². The Morgan fingerprint density at radius 1 is 1.07 bits per heavy atom. The SMILES string of the molecule is CN1CC[C@@H](NC(C2CC2)C2CC2)C1. The van der Waals surface area contributed by atoms with E-state index in [1.54, 1.807) is 0 Å². The van der Waals surface area contributed by atoms with Crippen molar-refractivity contribution in [2.75, 3.05) is 20.1 Å². The molecule has 0 bridgehead atoms. The third-order valence-corrected chi connectivity index (χ3v) is 4.08. The van der Waals surface area contributed by atoms with Gasteiger partial charge in [0.2, 0.25) is 0 Å². The van der Waals surface area contributed by atoms with E-state index >= 15 is 0 Å². The summed E-state index contributed by atoms with van der Waals surface area (Å²) in [6.45, 7) is 2.57. The van der Waals surface area contributed by atoms with Gasteiger partial charge in [-0.2, -0.15) is 0 Å². The second-order valence-corrected chi connectivity index (χ2v) is 5.62. The van der Waals surface area contributed by atoms with E-state index in [-0.39, 0.29) is 0 Å². The van der Waals surface area contributed by atoms with Crippen molar-refractivity contribution in [3.8, 4) is 0 Å². The van der Waals surface area contributed by atoms with Gasteiger partial charge in [0, 0.05) is 18.6 Å². The van der Waals surface area contributed by atoms with Crippen LogP contribution in [-0.2, 0) is 0 Å². The normalized spacial score (nSPS) is 34.3. The van der Waals surface area contributed by atoms with Crippen molar-refractivity contribution in [2.24, 2.45) is 11.8 Å². The van der Waals surface area contributed by atoms with E-state index < -0.39 is 0 Å². The van der Waals surface area contributed by atoms with Crippen molar-refractivity contribution in [2.45, 2.75) is 44.2 Å². The lowest BCUT2D eigenvalue weighted by Gasteiger charge is -2.22. The number of hydrogen-bond donors (Lipinski definition) is 1. The topological polar surface area (TPSA) is 15.3 Å². The van der Waals surface area contributed by atoms with Crippen LogP contribution in [0.5, 0.6) is 0 Å². The van der Waals surface area contributed by atoms with Crippen molar-refractivity contribution in [3.63, 3.8) is 0 Å². The third-order valence-electron chi connectivity index (χ3n) is 4.08. The van der Waals surface area contributed by atoms with E-state index in [4.69, 9.17) is 0 Å². The second kappa shape index (κ2) is 3.49. The first-order chi connectivity index (χ1) is 6.83. The Bertz CT molecular complexity index is 196. The molecule has 2 saturated carbocycles. The van der Waals surface area contributed by atoms with Crippen LogP contribution in [-0.4, -0.2) is 37.1 Å². The summed E-state index contributed by atoms with van der Waals surface area (Å²) >= 11 is 0. The Balaban J connectivity index is 1.53. The Hall–Kier alpha value is -0.0800. The van der Waals surface area contributed by atoms with Crippen molar-refractivity contribution in [3.05, 3.63) is 0 Å². The van der Waals surface area contributed by atoms with Gasteiger partial charge >= 0.3 is 0 Å². The molecule has 0 radical (unpaired) electrons. The quantitative estimate of drug-likeness (QED) is 0.729. The van der Waals surface area contributed by atoms with Crippen LogP contribution in [0.4, 0.5) is 0 Å². The monoisotopic (exact) mass is 194 g/mol. The summed E-state index contributed by atoms with van der Waals surface area (Å²) in [4.78, 5) is 2.45. The van der Waals surface area contributed by atoms with Gasteiger partial charge in [0.25, 0.3) is 0 Å². The minimum absolute atomic E-state index is 0.797. The van der Waals surface area contributed by atoms with E-state index in [0.29, 0.717) is 0 Å². The van der Waals surface area contributed by atoms with Crippen LogP contribution in [0.25, 0.3) is 0 Å². The summed E-state index contributed by atoms with van der Waals surface area (Å²) in [5, 5.41) is 3.93. The predicted molar refractivity (Wildman–Crippen MR) is 58.3 cm³/mol. The average molecular weight is 194 g/mol. The van der Waals surface area contributed by atoms with Crippen molar-refractivity contribution in [1.29, 1.82) is 0 Å². The molecular formula is C12H22N2. The molecule has 1 heterocycles. The molecule has 1 aliphatic heterocycles. The summed E-state index contributed by atoms with van der Waals surface area (Å²) in [5.41, 5.74) is 0. The van der Waals surface area contributed by atoms with Crippen molar-refractivity contribution >= 4 is 0 Å². The van der Waals surface area contributed by atoms with Crippen LogP contribution >= 0.6 is 0 Å². The fraction of sp³-hybridized carbons (Fsp3) is 1.00. The summed E-state index contributed by atoms with van der Waals surface area (Å²) in [7, 11) is 2.24. The number of hydrogen-bond acceptors (Lipinski definition) is 2. The van der Waals surface area contributed by atoms with E-state index in [9.17, 15) is 0 Å². The lowest BCUT2D eigenvalue weighted by molar-refractivity contribution is 0.345. The van der Waals surface area contributed by atoms with E-state index in [1.165, 1.54) is 45.2 Å². The van der Waals surface area contributed by atoms with Crippen LogP contribution in [0.1, 0.15) is 32.1 Å². The van der Waals surface area contributed by atoms with Gasteiger partial charge in [0.1, 0.15) is 0 Å². The molecule has 2 aliphatic carbocycles. The molecule has 3 aliphatic rings. The Morgan fingerprint density at radius 3 is 2.14 bits per heavy atom. The Labute approximate surface area is 87.0 Å². The first-order valence-corrected chi connectivity index (χ1v) is 6.27. The molecule has 1 N–H and O–H groups in total. The second-order valence-electron chi connectivity index (χ2n) is 5.62. The molecule has 0 spiro atoms. The number of nitrogens with zero attached hydrogens (tertiary/aromatic N) is 1. The average Bonchev–Trinajstić information content (AvgIpc) is 3.04. The molecule has 2 nitrogen and oxygen atoms in total. The van der Waals surface area contributed by atoms with Gasteiger partial charge in [0.05, 0.1) is 0 Å². The predicted octanol–water partition coefficient (Wildman–Crippen LogP) is 1.47. The first kappa shape index (κ1) is 9.17. The van der Waals surface area contributed by atoms with E-state index in [0.717, 1.165) is 23.9 Å². The molecule has 0 aromatic carbocycles. The zero-order chi connectivity index (χ0) is 9.54. The third kappa shape index (κ3) is 1.96. The number of likely N-dealkylation sites (N-methyl/N-ethyl adjacent to an activating group) is 1. The number of likely N-dealkylation sites (tertiary alicyclic amines) is 1. The lowest BCUT2D eigenvalue weighted by atomic mass is 10.1. The van der Waals surface area contributed by atoms with Gasteiger partial charge in [-0.3, -0.25) is 0 Å². The summed E-state index contributed by atoms with van der Waals surface area (Å²) in [6, 6.07) is 1.69. The minimum Gasteiger partial charge on any atom is -0.309 e. The van der Waals surface area contributed by atoms with Gasteiger partial charge in [-0.1, -0.05) is 0 Å². The molecule has 3 fully saturated rings. The highest BCUT2D eigenvalue weighted by Gasteiger charge is 2.42. The van der Waals surface area contributed by atoms with Crippen molar-refractivity contribution < 1.29 is 0 Å². The van der Waals surface area contributed by atoms with Crippen LogP contribution in [0.3, 0.4) is 0 Å². The largest absolute Gasteiger partial charge is 0.309 e. The van der Waals surface area contributed by atoms with Gasteiger partial charge in [-0.25, -0.2) is 0 Å². The smallest absolute Gasteiger partial charge is 0.0209 e. The molecule has 0 amide bonds. The molecule has 80 valence electrons. The maximum Gasteiger partial charge on any atom is 0.0209 e. The molecule has 14 heavy (non-hydrogen) atoms. The highest BCUT2D eigenvalue weighted by molar-refractivity contribution is 4.98. The fourth-order valence-electron chi connectivity index (χ4n) is 2.91. The molecular weight excluding hydrogens is 172 g/mol. The number of rotatable bonds is 4. The number of nitrogens with one attached hydrogen (secondary N) is 1. The maximum absolute atomic E-state index is 3.93. The van der Waals surface area contributed by atoms with E-state index in [2.05, 4.69) is 17.3 Å². The molecule has 1 saturated heterocycles. The Kier molecular flexibility index (Phi) is 2.29. The van der Waals surface area contributed by atoms with Gasteiger partial charge in [-0.05, 0) is 57.5 Å². The minimum atomic E-state index is 0.797. The van der Waals surface area contributed by atoms with Gasteiger partial charge < -0.3 is 10.2 Å². The summed E-state index contributed by atoms with van der Waals surface area (Å²) < 4.78 is 0. The maximum atomic E-state index is 3.93. The van der Waals surface area contributed by atoms with Gasteiger partial charge in [-0.15, -0.1) is 0 Å². The molecule has 0 unspecified atom stereocenters. The van der Waals surface area contributed by atoms with Crippen molar-refractivity contribution in [1.82, 2.24) is 10.2 Å². The molecule has 0 aromatic rings. The summed E-state index contributed by atoms with van der Waals surface area (Å²) in [5.74, 6) is 2.10. The highest BCUT2D eigenvalue weighted by atomic mass is 15.2.